The van der Waals surface area contributed by atoms with E-state index in [0.29, 0.717) is 19.5 Å². The molecule has 112 valence electrons. The first-order valence-corrected chi connectivity index (χ1v) is 6.68. The van der Waals surface area contributed by atoms with Crippen molar-refractivity contribution in [3.8, 4) is 5.75 Å². The number of esters is 1. The molecule has 2 atom stereocenters. The Bertz CT molecular complexity index is 403. The van der Waals surface area contributed by atoms with E-state index in [2.05, 4.69) is 10.1 Å². The maximum absolute atomic E-state index is 11.5. The lowest BCUT2D eigenvalue weighted by molar-refractivity contribution is -0.149. The zero-order chi connectivity index (χ0) is 15.0. The van der Waals surface area contributed by atoms with Gasteiger partial charge in [-0.1, -0.05) is 12.1 Å². The number of aliphatic hydroxyl groups is 1. The van der Waals surface area contributed by atoms with Gasteiger partial charge in [-0.3, -0.25) is 4.79 Å². The highest BCUT2D eigenvalue weighted by Gasteiger charge is 2.23. The van der Waals surface area contributed by atoms with Gasteiger partial charge in [0.2, 0.25) is 0 Å². The van der Waals surface area contributed by atoms with Crippen LogP contribution in [0.15, 0.2) is 24.3 Å². The lowest BCUT2D eigenvalue weighted by Gasteiger charge is -2.17. The van der Waals surface area contributed by atoms with E-state index in [1.165, 1.54) is 7.11 Å². The van der Waals surface area contributed by atoms with Gasteiger partial charge >= 0.3 is 5.97 Å². The molecule has 0 amide bonds. The van der Waals surface area contributed by atoms with Crippen LogP contribution < -0.4 is 10.1 Å². The third kappa shape index (κ3) is 5.19. The molecule has 5 nitrogen and oxygen atoms in total. The molecule has 0 aliphatic rings. The molecule has 0 bridgehead atoms. The highest BCUT2D eigenvalue weighted by atomic mass is 16.5. The predicted octanol–water partition coefficient (Wildman–Crippen LogP) is 1.34. The van der Waals surface area contributed by atoms with Gasteiger partial charge in [-0.25, -0.2) is 0 Å². The fourth-order valence-electron chi connectivity index (χ4n) is 1.94. The molecule has 0 fully saturated rings. The molecule has 0 aliphatic heterocycles. The van der Waals surface area contributed by atoms with Crippen LogP contribution in [0.1, 0.15) is 18.9 Å². The van der Waals surface area contributed by atoms with E-state index >= 15 is 0 Å². The molecule has 0 spiro atoms. The number of aliphatic hydroxyl groups excluding tert-OH is 1. The third-order valence-electron chi connectivity index (χ3n) is 3.21. The normalized spacial score (nSPS) is 13.6. The summed E-state index contributed by atoms with van der Waals surface area (Å²) in [7, 11) is 2.97. The quantitative estimate of drug-likeness (QED) is 0.556. The number of methoxy groups -OCH3 is 2. The molecule has 0 saturated carbocycles. The molecule has 1 aromatic rings. The zero-order valence-electron chi connectivity index (χ0n) is 12.3. The van der Waals surface area contributed by atoms with E-state index < -0.39 is 12.0 Å². The zero-order valence-corrected chi connectivity index (χ0v) is 12.3. The van der Waals surface area contributed by atoms with Crippen molar-refractivity contribution in [2.24, 2.45) is 5.92 Å². The average Bonchev–Trinajstić information content (AvgIpc) is 2.46. The minimum Gasteiger partial charge on any atom is -0.497 e. The summed E-state index contributed by atoms with van der Waals surface area (Å²) in [6.45, 7) is 2.94. The predicted molar refractivity (Wildman–Crippen MR) is 76.5 cm³/mol. The summed E-state index contributed by atoms with van der Waals surface area (Å²) in [6.07, 6.45) is -0.161. The highest BCUT2D eigenvalue weighted by Crippen LogP contribution is 2.12. The Morgan fingerprint density at radius 1 is 1.30 bits per heavy atom. The van der Waals surface area contributed by atoms with Crippen molar-refractivity contribution in [3.05, 3.63) is 29.8 Å². The fourth-order valence-corrected chi connectivity index (χ4v) is 1.94. The van der Waals surface area contributed by atoms with Gasteiger partial charge in [-0.05, 0) is 37.6 Å². The van der Waals surface area contributed by atoms with Crippen LogP contribution in [0.25, 0.3) is 0 Å². The summed E-state index contributed by atoms with van der Waals surface area (Å²) in [5.74, 6) is -0.0248. The lowest BCUT2D eigenvalue weighted by atomic mass is 10.00. The minimum absolute atomic E-state index is 0.369. The van der Waals surface area contributed by atoms with Crippen molar-refractivity contribution in [3.63, 3.8) is 0 Å². The van der Waals surface area contributed by atoms with E-state index in [1.807, 2.05) is 24.3 Å². The van der Waals surface area contributed by atoms with E-state index in [-0.39, 0.29) is 5.97 Å². The summed E-state index contributed by atoms with van der Waals surface area (Å²) in [4.78, 5) is 11.5. The van der Waals surface area contributed by atoms with E-state index in [9.17, 15) is 9.90 Å². The summed E-state index contributed by atoms with van der Waals surface area (Å²) in [5.41, 5.74) is 1.14. The Morgan fingerprint density at radius 3 is 2.45 bits per heavy atom. The first-order valence-electron chi connectivity index (χ1n) is 6.68. The van der Waals surface area contributed by atoms with Gasteiger partial charge < -0.3 is 19.9 Å². The van der Waals surface area contributed by atoms with Crippen molar-refractivity contribution >= 4 is 5.97 Å². The van der Waals surface area contributed by atoms with Gasteiger partial charge in [-0.15, -0.1) is 0 Å². The number of nitrogens with one attached hydrogen (secondary N) is 1. The molecule has 20 heavy (non-hydrogen) atoms. The Kier molecular flexibility index (Phi) is 7.04. The summed E-state index contributed by atoms with van der Waals surface area (Å²) >= 11 is 0. The van der Waals surface area contributed by atoms with Crippen LogP contribution in [0.3, 0.4) is 0 Å². The van der Waals surface area contributed by atoms with Crippen LogP contribution >= 0.6 is 0 Å². The topological polar surface area (TPSA) is 67.8 Å². The molecule has 0 aliphatic carbocycles. The summed E-state index contributed by atoms with van der Waals surface area (Å²) < 4.78 is 9.77. The second kappa shape index (κ2) is 8.55. The molecule has 0 radical (unpaired) electrons. The summed E-state index contributed by atoms with van der Waals surface area (Å²) in [5, 5.41) is 12.8. The van der Waals surface area contributed by atoms with Crippen LogP contribution in [0.4, 0.5) is 0 Å². The van der Waals surface area contributed by atoms with Crippen molar-refractivity contribution in [2.75, 3.05) is 20.8 Å². The van der Waals surface area contributed by atoms with Gasteiger partial charge in [0.1, 0.15) is 5.75 Å². The smallest absolute Gasteiger partial charge is 0.311 e. The van der Waals surface area contributed by atoms with Crippen LogP contribution in [-0.4, -0.2) is 37.9 Å². The SMILES string of the molecule is COC(=O)[C@H](CCNCc1ccc(OC)cc1)[C@H](C)O. The van der Waals surface area contributed by atoms with E-state index in [1.54, 1.807) is 14.0 Å². The Balaban J connectivity index is 2.34. The molecule has 0 saturated heterocycles. The van der Waals surface area contributed by atoms with Crippen LogP contribution in [0.2, 0.25) is 0 Å². The fraction of sp³-hybridized carbons (Fsp3) is 0.533. The largest absolute Gasteiger partial charge is 0.497 e. The maximum atomic E-state index is 11.5. The number of ether oxygens (including phenoxy) is 2. The van der Waals surface area contributed by atoms with Crippen molar-refractivity contribution in [1.29, 1.82) is 0 Å². The van der Waals surface area contributed by atoms with Gasteiger partial charge in [-0.2, -0.15) is 0 Å². The molecule has 2 N–H and O–H groups in total. The molecule has 5 heteroatoms. The van der Waals surface area contributed by atoms with E-state index in [4.69, 9.17) is 4.74 Å². The van der Waals surface area contributed by atoms with Gasteiger partial charge in [0.25, 0.3) is 0 Å². The number of benzene rings is 1. The first-order chi connectivity index (χ1) is 9.58. The lowest BCUT2D eigenvalue weighted by Crippen LogP contribution is -2.30. The summed E-state index contributed by atoms with van der Waals surface area (Å²) in [6, 6.07) is 7.78. The standard InChI is InChI=1S/C15H23NO4/c1-11(17)14(15(18)20-3)8-9-16-10-12-4-6-13(19-2)7-5-12/h4-7,11,14,16-17H,8-10H2,1-3H3/t11-,14+/m0/s1. The molecule has 0 unspecified atom stereocenters. The van der Waals surface area contributed by atoms with Crippen LogP contribution in [0, 0.1) is 5.92 Å². The number of hydrogen-bond acceptors (Lipinski definition) is 5. The third-order valence-corrected chi connectivity index (χ3v) is 3.21. The first kappa shape index (κ1) is 16.5. The van der Waals surface area contributed by atoms with Crippen LogP contribution in [-0.2, 0) is 16.1 Å². The Hall–Kier alpha value is -1.59. The number of carbonyl (C=O) groups excluding carboxylic acids is 1. The van der Waals surface area contributed by atoms with Gasteiger partial charge in [0.05, 0.1) is 26.2 Å². The minimum atomic E-state index is -0.703. The van der Waals surface area contributed by atoms with Gasteiger partial charge in [0, 0.05) is 6.54 Å². The molecular weight excluding hydrogens is 258 g/mol. The van der Waals surface area contributed by atoms with Crippen molar-refractivity contribution in [2.45, 2.75) is 26.0 Å². The number of carbonyl (C=O) groups is 1. The molecule has 0 heterocycles. The number of rotatable bonds is 8. The second-order valence-corrected chi connectivity index (χ2v) is 4.68. The van der Waals surface area contributed by atoms with Crippen LogP contribution in [0.5, 0.6) is 5.75 Å². The molecule has 0 aromatic heterocycles. The molecular formula is C15H23NO4. The molecule has 1 aromatic carbocycles. The molecule has 1 rings (SSSR count). The Labute approximate surface area is 119 Å². The van der Waals surface area contributed by atoms with Gasteiger partial charge in [0.15, 0.2) is 0 Å². The Morgan fingerprint density at radius 2 is 1.95 bits per heavy atom. The average molecular weight is 281 g/mol. The van der Waals surface area contributed by atoms with Crippen molar-refractivity contribution in [1.82, 2.24) is 5.32 Å². The highest BCUT2D eigenvalue weighted by molar-refractivity contribution is 5.72. The van der Waals surface area contributed by atoms with Crippen molar-refractivity contribution < 1.29 is 19.4 Å². The van der Waals surface area contributed by atoms with E-state index in [0.717, 1.165) is 11.3 Å². The monoisotopic (exact) mass is 281 g/mol. The maximum Gasteiger partial charge on any atom is 0.311 e. The number of hydrogen-bond donors (Lipinski definition) is 2. The second-order valence-electron chi connectivity index (χ2n) is 4.68.